The van der Waals surface area contributed by atoms with E-state index in [1.165, 1.54) is 4.90 Å². The van der Waals surface area contributed by atoms with Crippen LogP contribution in [-0.4, -0.2) is 40.0 Å². The molecule has 6 heteroatoms. The molecule has 1 amide bonds. The third kappa shape index (κ3) is 2.25. The maximum absolute atomic E-state index is 13.5. The van der Waals surface area contributed by atoms with E-state index in [2.05, 4.69) is 10.2 Å². The van der Waals surface area contributed by atoms with Crippen LogP contribution in [0.25, 0.3) is 22.0 Å². The van der Waals surface area contributed by atoms with Crippen molar-refractivity contribution in [3.8, 4) is 11.3 Å². The minimum atomic E-state index is -2.62. The summed E-state index contributed by atoms with van der Waals surface area (Å²) >= 11 is 0. The molecule has 1 aliphatic carbocycles. The van der Waals surface area contributed by atoms with Crippen LogP contribution in [0.1, 0.15) is 23.3 Å². The van der Waals surface area contributed by atoms with Crippen LogP contribution in [0.5, 0.6) is 0 Å². The summed E-state index contributed by atoms with van der Waals surface area (Å²) in [5.41, 5.74) is 0.939. The number of hydrogen-bond acceptors (Lipinski definition) is 2. The Kier molecular flexibility index (Phi) is 3.05. The lowest BCUT2D eigenvalue weighted by Gasteiger charge is -2.15. The summed E-state index contributed by atoms with van der Waals surface area (Å²) in [5.74, 6) is -2.88. The molecule has 2 fully saturated rings. The lowest BCUT2D eigenvalue weighted by atomic mass is 10.1. The Balaban J connectivity index is 1.39. The Labute approximate surface area is 148 Å². The van der Waals surface area contributed by atoms with Crippen LogP contribution in [-0.2, 0) is 0 Å². The molecule has 1 unspecified atom stereocenters. The molecule has 2 aromatic carbocycles. The van der Waals surface area contributed by atoms with Gasteiger partial charge in [-0.15, -0.1) is 0 Å². The molecule has 5 rings (SSSR count). The smallest absolute Gasteiger partial charge is 0.271 e. The quantitative estimate of drug-likeness (QED) is 0.754. The van der Waals surface area contributed by atoms with Gasteiger partial charge >= 0.3 is 0 Å². The lowest BCUT2D eigenvalue weighted by Crippen LogP contribution is -2.30. The molecular formula is C20H17F2N3O. The molecule has 1 N–H and O–H groups in total. The van der Waals surface area contributed by atoms with Gasteiger partial charge in [-0.05, 0) is 29.3 Å². The van der Waals surface area contributed by atoms with Crippen molar-refractivity contribution in [3.05, 3.63) is 54.2 Å². The van der Waals surface area contributed by atoms with Gasteiger partial charge in [0.05, 0.1) is 11.1 Å². The van der Waals surface area contributed by atoms with Gasteiger partial charge in [-0.25, -0.2) is 8.78 Å². The molecule has 1 saturated carbocycles. The van der Waals surface area contributed by atoms with Crippen molar-refractivity contribution >= 4 is 16.7 Å². The molecule has 1 saturated heterocycles. The summed E-state index contributed by atoms with van der Waals surface area (Å²) in [5, 5.41) is 9.25. The van der Waals surface area contributed by atoms with E-state index in [9.17, 15) is 13.6 Å². The predicted octanol–water partition coefficient (Wildman–Crippen LogP) is 4.10. The van der Waals surface area contributed by atoms with Crippen LogP contribution in [0.3, 0.4) is 0 Å². The third-order valence-corrected chi connectivity index (χ3v) is 5.71. The van der Waals surface area contributed by atoms with Gasteiger partial charge in [0.25, 0.3) is 11.8 Å². The average molecular weight is 353 g/mol. The molecule has 2 aliphatic rings. The van der Waals surface area contributed by atoms with E-state index in [1.807, 2.05) is 42.5 Å². The predicted molar refractivity (Wildman–Crippen MR) is 94.0 cm³/mol. The summed E-state index contributed by atoms with van der Waals surface area (Å²) in [6, 6.07) is 15.7. The van der Waals surface area contributed by atoms with Crippen molar-refractivity contribution < 1.29 is 13.6 Å². The summed E-state index contributed by atoms with van der Waals surface area (Å²) in [6.45, 7) is 0.502. The second kappa shape index (κ2) is 5.13. The lowest BCUT2D eigenvalue weighted by molar-refractivity contribution is 0.0616. The number of fused-ring (bicyclic) bond motifs is 1. The normalized spacial score (nSPS) is 23.7. The van der Waals surface area contributed by atoms with Crippen LogP contribution >= 0.6 is 0 Å². The van der Waals surface area contributed by atoms with Crippen molar-refractivity contribution in [3.63, 3.8) is 0 Å². The number of aromatic nitrogens is 2. The fourth-order valence-electron chi connectivity index (χ4n) is 3.97. The van der Waals surface area contributed by atoms with Gasteiger partial charge in [-0.2, -0.15) is 5.10 Å². The van der Waals surface area contributed by atoms with Crippen LogP contribution in [0, 0.1) is 5.41 Å². The number of hydrogen-bond donors (Lipinski definition) is 1. The second-order valence-electron chi connectivity index (χ2n) is 7.37. The molecule has 4 nitrogen and oxygen atoms in total. The summed E-state index contributed by atoms with van der Waals surface area (Å²) in [7, 11) is 0. The largest absolute Gasteiger partial charge is 0.337 e. The molecule has 132 valence electrons. The van der Waals surface area contributed by atoms with Crippen LogP contribution in [0.15, 0.2) is 48.5 Å². The SMILES string of the molecule is O=C(c1cc(-c2ccc3ccccc3c2)n[nH]1)N1CCC2(C1)CC2(F)F. The summed E-state index contributed by atoms with van der Waals surface area (Å²) < 4.78 is 27.1. The highest BCUT2D eigenvalue weighted by atomic mass is 19.3. The fourth-order valence-corrected chi connectivity index (χ4v) is 3.97. The van der Waals surface area contributed by atoms with E-state index in [0.717, 1.165) is 16.3 Å². The molecule has 0 radical (unpaired) electrons. The number of amides is 1. The second-order valence-corrected chi connectivity index (χ2v) is 7.37. The van der Waals surface area contributed by atoms with Crippen molar-refractivity contribution in [2.24, 2.45) is 5.41 Å². The zero-order valence-electron chi connectivity index (χ0n) is 14.0. The average Bonchev–Trinajstić information content (AvgIpc) is 3.07. The molecule has 1 spiro atoms. The molecule has 1 aliphatic heterocycles. The Morgan fingerprint density at radius 1 is 1.12 bits per heavy atom. The van der Waals surface area contributed by atoms with Crippen molar-refractivity contribution in [2.45, 2.75) is 18.8 Å². The summed E-state index contributed by atoms with van der Waals surface area (Å²) in [4.78, 5) is 14.2. The van der Waals surface area contributed by atoms with Gasteiger partial charge in [0.1, 0.15) is 5.69 Å². The zero-order valence-corrected chi connectivity index (χ0v) is 14.0. The van der Waals surface area contributed by atoms with Gasteiger partial charge in [0, 0.05) is 25.1 Å². The number of nitrogens with one attached hydrogen (secondary N) is 1. The molecule has 3 aromatic rings. The third-order valence-electron chi connectivity index (χ3n) is 5.71. The van der Waals surface area contributed by atoms with E-state index >= 15 is 0 Å². The Hall–Kier alpha value is -2.76. The maximum atomic E-state index is 13.5. The van der Waals surface area contributed by atoms with Gasteiger partial charge in [-0.1, -0.05) is 36.4 Å². The van der Waals surface area contributed by atoms with E-state index in [1.54, 1.807) is 6.07 Å². The highest BCUT2D eigenvalue weighted by Gasteiger charge is 2.73. The number of nitrogens with zero attached hydrogens (tertiary/aromatic N) is 2. The molecule has 26 heavy (non-hydrogen) atoms. The molecule has 1 atom stereocenters. The number of rotatable bonds is 2. The minimum Gasteiger partial charge on any atom is -0.337 e. The number of aromatic amines is 1. The Bertz CT molecular complexity index is 1030. The van der Waals surface area contributed by atoms with E-state index < -0.39 is 11.3 Å². The first-order valence-corrected chi connectivity index (χ1v) is 8.69. The highest BCUT2D eigenvalue weighted by Crippen LogP contribution is 2.65. The van der Waals surface area contributed by atoms with Gasteiger partial charge in [-0.3, -0.25) is 9.89 Å². The number of carbonyl (C=O) groups is 1. The number of carbonyl (C=O) groups excluding carboxylic acids is 1. The first-order chi connectivity index (χ1) is 12.5. The van der Waals surface area contributed by atoms with Crippen molar-refractivity contribution in [1.29, 1.82) is 0 Å². The molecular weight excluding hydrogens is 336 g/mol. The van der Waals surface area contributed by atoms with Gasteiger partial charge < -0.3 is 4.90 Å². The van der Waals surface area contributed by atoms with Crippen LogP contribution < -0.4 is 0 Å². The van der Waals surface area contributed by atoms with E-state index in [4.69, 9.17) is 0 Å². The topological polar surface area (TPSA) is 49.0 Å². The van der Waals surface area contributed by atoms with Crippen LogP contribution in [0.4, 0.5) is 8.78 Å². The van der Waals surface area contributed by atoms with Gasteiger partial charge in [0.2, 0.25) is 0 Å². The molecule has 0 bridgehead atoms. The van der Waals surface area contributed by atoms with E-state index in [0.29, 0.717) is 24.4 Å². The number of likely N-dealkylation sites (tertiary alicyclic amines) is 1. The van der Waals surface area contributed by atoms with E-state index in [-0.39, 0.29) is 18.9 Å². The van der Waals surface area contributed by atoms with Crippen LogP contribution in [0.2, 0.25) is 0 Å². The Morgan fingerprint density at radius 2 is 1.88 bits per heavy atom. The standard InChI is InChI=1S/C20H17F2N3O/c21-20(22)11-19(20)7-8-25(12-19)18(26)17-10-16(23-24-17)15-6-5-13-3-1-2-4-14(13)9-15/h1-6,9-10H,7-8,11-12H2,(H,23,24). The summed E-state index contributed by atoms with van der Waals surface area (Å²) in [6.07, 6.45) is 0.270. The maximum Gasteiger partial charge on any atom is 0.271 e. The fraction of sp³-hybridized carbons (Fsp3) is 0.300. The number of H-pyrrole nitrogens is 1. The molecule has 2 heterocycles. The molecule has 1 aromatic heterocycles. The first-order valence-electron chi connectivity index (χ1n) is 8.69. The minimum absolute atomic E-state index is 0.102. The van der Waals surface area contributed by atoms with Crippen molar-refractivity contribution in [1.82, 2.24) is 15.1 Å². The number of halogens is 2. The van der Waals surface area contributed by atoms with Gasteiger partial charge in [0.15, 0.2) is 0 Å². The highest BCUT2D eigenvalue weighted by molar-refractivity contribution is 5.94. The first kappa shape index (κ1) is 15.5. The zero-order chi connectivity index (χ0) is 17.9. The Morgan fingerprint density at radius 3 is 2.62 bits per heavy atom. The van der Waals surface area contributed by atoms with Crippen molar-refractivity contribution in [2.75, 3.05) is 13.1 Å². The monoisotopic (exact) mass is 353 g/mol. The number of benzene rings is 2. The number of alkyl halides is 2.